The molecule has 4 heteroatoms. The van der Waals surface area contributed by atoms with E-state index in [-0.39, 0.29) is 17.8 Å². The summed E-state index contributed by atoms with van der Waals surface area (Å²) < 4.78 is 13.2. The zero-order chi connectivity index (χ0) is 10.7. The Morgan fingerprint density at radius 1 is 1.43 bits per heavy atom. The van der Waals surface area contributed by atoms with Gasteiger partial charge in [-0.1, -0.05) is 12.1 Å². The summed E-state index contributed by atoms with van der Waals surface area (Å²) >= 11 is 0. The zero-order valence-corrected chi connectivity index (χ0v) is 8.29. The van der Waals surface area contributed by atoms with Crippen molar-refractivity contribution in [3.63, 3.8) is 0 Å². The lowest BCUT2D eigenvalue weighted by atomic mass is 10.1. The molecular weight excluding hydrogens is 181 g/mol. The Balaban J connectivity index is 2.97. The van der Waals surface area contributed by atoms with Gasteiger partial charge in [-0.3, -0.25) is 0 Å². The van der Waals surface area contributed by atoms with Crippen LogP contribution >= 0.6 is 0 Å². The van der Waals surface area contributed by atoms with Gasteiger partial charge in [0, 0.05) is 0 Å². The molecule has 0 saturated carbocycles. The Bertz CT molecular complexity index is 356. The highest BCUT2D eigenvalue weighted by Gasteiger charge is 2.06. The van der Waals surface area contributed by atoms with E-state index in [9.17, 15) is 4.39 Å². The van der Waals surface area contributed by atoms with Crippen LogP contribution in [0.5, 0.6) is 0 Å². The highest BCUT2D eigenvalue weighted by molar-refractivity contribution is 5.75. The minimum absolute atomic E-state index is 0.0125. The van der Waals surface area contributed by atoms with Crippen LogP contribution in [-0.4, -0.2) is 5.96 Å². The smallest absolute Gasteiger partial charge is 0.186 e. The second-order valence-corrected chi connectivity index (χ2v) is 3.24. The molecule has 0 radical (unpaired) electrons. The average Bonchev–Trinajstić information content (AvgIpc) is 2.08. The first-order chi connectivity index (χ1) is 6.50. The van der Waals surface area contributed by atoms with Crippen molar-refractivity contribution >= 4 is 5.96 Å². The lowest BCUT2D eigenvalue weighted by Crippen LogP contribution is -2.23. The monoisotopic (exact) mass is 195 g/mol. The fourth-order valence-corrected chi connectivity index (χ4v) is 1.17. The molecule has 0 fully saturated rings. The van der Waals surface area contributed by atoms with Gasteiger partial charge >= 0.3 is 0 Å². The first-order valence-electron chi connectivity index (χ1n) is 4.35. The van der Waals surface area contributed by atoms with E-state index in [4.69, 9.17) is 11.5 Å². The van der Waals surface area contributed by atoms with Gasteiger partial charge in [0.25, 0.3) is 0 Å². The number of nitrogens with zero attached hydrogens (tertiary/aromatic N) is 1. The van der Waals surface area contributed by atoms with Gasteiger partial charge in [-0.15, -0.1) is 0 Å². The summed E-state index contributed by atoms with van der Waals surface area (Å²) in [6.45, 7) is 3.52. The van der Waals surface area contributed by atoms with E-state index in [0.29, 0.717) is 5.56 Å². The van der Waals surface area contributed by atoms with Crippen LogP contribution < -0.4 is 11.5 Å². The molecular formula is C10H14FN3. The van der Waals surface area contributed by atoms with Gasteiger partial charge in [-0.25, -0.2) is 9.38 Å². The number of hydrogen-bond donors (Lipinski definition) is 2. The number of guanidine groups is 1. The van der Waals surface area contributed by atoms with Crippen LogP contribution in [0.25, 0.3) is 0 Å². The van der Waals surface area contributed by atoms with Crippen LogP contribution in [0.4, 0.5) is 4.39 Å². The van der Waals surface area contributed by atoms with Crippen molar-refractivity contribution in [1.82, 2.24) is 0 Å². The summed E-state index contributed by atoms with van der Waals surface area (Å²) in [4.78, 5) is 3.92. The standard InChI is InChI=1S/C10H14FN3/c1-6-3-4-8(5-9(6)11)7(2)14-10(12)13/h3-5,7H,1-2H3,(H4,12,13,14). The molecule has 0 heterocycles. The summed E-state index contributed by atoms with van der Waals surface area (Å²) in [6, 6.07) is 4.76. The normalized spacial score (nSPS) is 12.2. The van der Waals surface area contributed by atoms with Gasteiger partial charge in [0.15, 0.2) is 5.96 Å². The maximum Gasteiger partial charge on any atom is 0.186 e. The fraction of sp³-hybridized carbons (Fsp3) is 0.300. The van der Waals surface area contributed by atoms with E-state index in [2.05, 4.69) is 4.99 Å². The summed E-state index contributed by atoms with van der Waals surface area (Å²) in [5.41, 5.74) is 11.8. The topological polar surface area (TPSA) is 64.4 Å². The van der Waals surface area contributed by atoms with Crippen LogP contribution in [0, 0.1) is 12.7 Å². The van der Waals surface area contributed by atoms with E-state index in [1.807, 2.05) is 13.0 Å². The fourth-order valence-electron chi connectivity index (χ4n) is 1.17. The summed E-state index contributed by atoms with van der Waals surface area (Å²) in [6.07, 6.45) is 0. The highest BCUT2D eigenvalue weighted by Crippen LogP contribution is 2.18. The molecule has 0 aliphatic heterocycles. The minimum atomic E-state index is -0.236. The maximum absolute atomic E-state index is 13.2. The number of aryl methyl sites for hydroxylation is 1. The number of halogens is 1. The molecule has 0 saturated heterocycles. The molecule has 1 aromatic carbocycles. The quantitative estimate of drug-likeness (QED) is 0.554. The van der Waals surface area contributed by atoms with E-state index in [1.54, 1.807) is 13.0 Å². The molecule has 14 heavy (non-hydrogen) atoms. The van der Waals surface area contributed by atoms with E-state index in [1.165, 1.54) is 6.07 Å². The van der Waals surface area contributed by atoms with E-state index >= 15 is 0 Å². The van der Waals surface area contributed by atoms with Crippen molar-refractivity contribution in [3.05, 3.63) is 35.1 Å². The number of nitrogens with two attached hydrogens (primary N) is 2. The molecule has 0 spiro atoms. The van der Waals surface area contributed by atoms with Crippen LogP contribution in [0.2, 0.25) is 0 Å². The largest absolute Gasteiger partial charge is 0.370 e. The molecule has 0 amide bonds. The Kier molecular flexibility index (Phi) is 3.06. The first-order valence-corrected chi connectivity index (χ1v) is 4.35. The average molecular weight is 195 g/mol. The lowest BCUT2D eigenvalue weighted by molar-refractivity contribution is 0.613. The summed E-state index contributed by atoms with van der Waals surface area (Å²) in [5, 5.41) is 0. The molecule has 0 bridgehead atoms. The van der Waals surface area contributed by atoms with Crippen molar-refractivity contribution in [2.24, 2.45) is 16.5 Å². The Hall–Kier alpha value is -1.58. The molecule has 4 N–H and O–H groups in total. The highest BCUT2D eigenvalue weighted by atomic mass is 19.1. The van der Waals surface area contributed by atoms with Gasteiger partial charge < -0.3 is 11.5 Å². The van der Waals surface area contributed by atoms with E-state index < -0.39 is 0 Å². The van der Waals surface area contributed by atoms with Gasteiger partial charge in [0.2, 0.25) is 0 Å². The molecule has 0 aliphatic carbocycles. The number of benzene rings is 1. The molecule has 76 valence electrons. The van der Waals surface area contributed by atoms with Crippen molar-refractivity contribution in [1.29, 1.82) is 0 Å². The summed E-state index contributed by atoms with van der Waals surface area (Å²) in [7, 11) is 0. The predicted molar refractivity (Wildman–Crippen MR) is 55.4 cm³/mol. The third-order valence-corrected chi connectivity index (χ3v) is 2.02. The third-order valence-electron chi connectivity index (χ3n) is 2.02. The minimum Gasteiger partial charge on any atom is -0.370 e. The van der Waals surface area contributed by atoms with Crippen LogP contribution in [0.3, 0.4) is 0 Å². The van der Waals surface area contributed by atoms with Gasteiger partial charge in [0.05, 0.1) is 6.04 Å². The van der Waals surface area contributed by atoms with Crippen molar-refractivity contribution in [2.45, 2.75) is 19.9 Å². The number of aliphatic imine (C=N–C) groups is 1. The second-order valence-electron chi connectivity index (χ2n) is 3.24. The zero-order valence-electron chi connectivity index (χ0n) is 8.29. The van der Waals surface area contributed by atoms with Crippen molar-refractivity contribution < 1.29 is 4.39 Å². The van der Waals surface area contributed by atoms with Crippen molar-refractivity contribution in [3.8, 4) is 0 Å². The molecule has 3 nitrogen and oxygen atoms in total. The van der Waals surface area contributed by atoms with Gasteiger partial charge in [0.1, 0.15) is 5.82 Å². The Labute approximate surface area is 82.6 Å². The Morgan fingerprint density at radius 3 is 2.57 bits per heavy atom. The SMILES string of the molecule is Cc1ccc(C(C)N=C(N)N)cc1F. The van der Waals surface area contributed by atoms with Gasteiger partial charge in [-0.05, 0) is 31.0 Å². The molecule has 1 unspecified atom stereocenters. The van der Waals surface area contributed by atoms with Crippen LogP contribution in [0.1, 0.15) is 24.1 Å². The van der Waals surface area contributed by atoms with Crippen LogP contribution in [-0.2, 0) is 0 Å². The number of hydrogen-bond acceptors (Lipinski definition) is 1. The first kappa shape index (κ1) is 10.5. The van der Waals surface area contributed by atoms with Gasteiger partial charge in [-0.2, -0.15) is 0 Å². The molecule has 1 aromatic rings. The molecule has 1 atom stereocenters. The maximum atomic E-state index is 13.2. The summed E-state index contributed by atoms with van der Waals surface area (Å²) in [5.74, 6) is -0.223. The molecule has 0 aromatic heterocycles. The Morgan fingerprint density at radius 2 is 2.07 bits per heavy atom. The molecule has 0 aliphatic rings. The van der Waals surface area contributed by atoms with Crippen LogP contribution in [0.15, 0.2) is 23.2 Å². The third kappa shape index (κ3) is 2.45. The molecule has 1 rings (SSSR count). The second kappa shape index (κ2) is 4.09. The van der Waals surface area contributed by atoms with E-state index in [0.717, 1.165) is 5.56 Å². The number of rotatable bonds is 2. The predicted octanol–water partition coefficient (Wildman–Crippen LogP) is 1.47. The lowest BCUT2D eigenvalue weighted by Gasteiger charge is -2.08. The van der Waals surface area contributed by atoms with Crippen molar-refractivity contribution in [2.75, 3.05) is 0 Å².